The number of aromatic nitrogens is 1. The van der Waals surface area contributed by atoms with Crippen molar-refractivity contribution in [1.82, 2.24) is 9.29 Å². The topological polar surface area (TPSA) is 70.5 Å². The van der Waals surface area contributed by atoms with Crippen molar-refractivity contribution in [2.75, 3.05) is 13.7 Å². The maximum Gasteiger partial charge on any atom is 0.243 e. The number of nitrogens with zero attached hydrogens (tertiary/aromatic N) is 2. The summed E-state index contributed by atoms with van der Waals surface area (Å²) in [5.74, 6) is 0. The first-order chi connectivity index (χ1) is 10.0. The van der Waals surface area contributed by atoms with Crippen molar-refractivity contribution in [3.8, 4) is 0 Å². The van der Waals surface area contributed by atoms with Gasteiger partial charge in [0, 0.05) is 19.9 Å². The van der Waals surface area contributed by atoms with Gasteiger partial charge in [0.15, 0.2) is 0 Å². The van der Waals surface area contributed by atoms with Gasteiger partial charge in [-0.25, -0.2) is 8.42 Å². The Balaban J connectivity index is 2.16. The van der Waals surface area contributed by atoms with Crippen LogP contribution in [-0.2, 0) is 23.0 Å². The molecule has 0 atom stereocenters. The molecule has 2 aromatic rings. The second-order valence-corrected chi connectivity index (χ2v) is 6.74. The van der Waals surface area contributed by atoms with E-state index in [1.807, 2.05) is 6.07 Å². The Morgan fingerprint density at radius 2 is 1.86 bits per heavy atom. The predicted octanol–water partition coefficient (Wildman–Crippen LogP) is 1.44. The molecule has 1 aromatic heterocycles. The first-order valence-corrected chi connectivity index (χ1v) is 8.04. The molecular weight excluding hydrogens is 288 g/mol. The van der Waals surface area contributed by atoms with Gasteiger partial charge in [0.05, 0.1) is 17.1 Å². The van der Waals surface area contributed by atoms with Crippen molar-refractivity contribution >= 4 is 10.0 Å². The fraction of sp³-hybridized carbons (Fsp3) is 0.267. The van der Waals surface area contributed by atoms with E-state index < -0.39 is 10.0 Å². The first-order valence-electron chi connectivity index (χ1n) is 6.60. The Morgan fingerprint density at radius 1 is 1.14 bits per heavy atom. The molecule has 1 N–H and O–H groups in total. The van der Waals surface area contributed by atoms with Crippen LogP contribution in [0.2, 0.25) is 0 Å². The molecule has 0 bridgehead atoms. The number of sulfonamides is 1. The zero-order chi connectivity index (χ0) is 15.3. The van der Waals surface area contributed by atoms with E-state index in [1.165, 1.54) is 11.4 Å². The van der Waals surface area contributed by atoms with Crippen LogP contribution in [0.4, 0.5) is 0 Å². The summed E-state index contributed by atoms with van der Waals surface area (Å²) in [4.78, 5) is 4.37. The van der Waals surface area contributed by atoms with Gasteiger partial charge in [-0.2, -0.15) is 4.31 Å². The van der Waals surface area contributed by atoms with E-state index in [2.05, 4.69) is 4.98 Å². The zero-order valence-corrected chi connectivity index (χ0v) is 12.6. The monoisotopic (exact) mass is 306 g/mol. The molecule has 21 heavy (non-hydrogen) atoms. The third-order valence-corrected chi connectivity index (χ3v) is 4.96. The molecular formula is C15H18N2O3S. The number of hydrogen-bond donors (Lipinski definition) is 1. The summed E-state index contributed by atoms with van der Waals surface area (Å²) in [5, 5.41) is 8.87. The zero-order valence-electron chi connectivity index (χ0n) is 11.8. The molecule has 112 valence electrons. The highest BCUT2D eigenvalue weighted by Crippen LogP contribution is 2.17. The number of pyridine rings is 1. The lowest BCUT2D eigenvalue weighted by atomic mass is 10.2. The molecule has 1 heterocycles. The molecule has 0 unspecified atom stereocenters. The molecule has 0 fully saturated rings. The van der Waals surface area contributed by atoms with E-state index in [1.54, 1.807) is 42.6 Å². The Morgan fingerprint density at radius 3 is 2.43 bits per heavy atom. The van der Waals surface area contributed by atoms with Crippen molar-refractivity contribution in [1.29, 1.82) is 0 Å². The van der Waals surface area contributed by atoms with Gasteiger partial charge in [-0.05, 0) is 36.2 Å². The molecule has 0 amide bonds. The molecule has 1 aromatic carbocycles. The van der Waals surface area contributed by atoms with Crippen LogP contribution in [-0.4, -0.2) is 36.5 Å². The van der Waals surface area contributed by atoms with Crippen LogP contribution in [0, 0.1) is 0 Å². The highest BCUT2D eigenvalue weighted by atomic mass is 32.2. The maximum atomic E-state index is 12.5. The van der Waals surface area contributed by atoms with Gasteiger partial charge >= 0.3 is 0 Å². The molecule has 5 nitrogen and oxygen atoms in total. The minimum atomic E-state index is -3.54. The van der Waals surface area contributed by atoms with E-state index in [9.17, 15) is 8.42 Å². The van der Waals surface area contributed by atoms with Crippen molar-refractivity contribution in [2.24, 2.45) is 0 Å². The fourth-order valence-corrected chi connectivity index (χ4v) is 3.08. The summed E-state index contributed by atoms with van der Waals surface area (Å²) in [6.45, 7) is 0.271. The Hall–Kier alpha value is -1.76. The summed E-state index contributed by atoms with van der Waals surface area (Å²) in [6.07, 6.45) is 2.16. The van der Waals surface area contributed by atoms with Crippen LogP contribution in [0.3, 0.4) is 0 Å². The summed E-state index contributed by atoms with van der Waals surface area (Å²) in [6, 6.07) is 12.0. The van der Waals surface area contributed by atoms with Crippen LogP contribution in [0.15, 0.2) is 53.6 Å². The van der Waals surface area contributed by atoms with E-state index in [0.29, 0.717) is 12.1 Å². The molecule has 0 aliphatic rings. The normalized spacial score (nSPS) is 11.8. The second kappa shape index (κ2) is 6.80. The van der Waals surface area contributed by atoms with Crippen LogP contribution in [0.25, 0.3) is 0 Å². The minimum absolute atomic E-state index is 0.0473. The van der Waals surface area contributed by atoms with Gasteiger partial charge in [0.2, 0.25) is 10.0 Å². The van der Waals surface area contributed by atoms with Crippen molar-refractivity contribution in [3.63, 3.8) is 0 Å². The third kappa shape index (κ3) is 3.87. The standard InChI is InChI=1S/C15H18N2O3S/c1-17(12-14-4-2-3-10-16-14)21(19,20)15-7-5-13(6-8-15)9-11-18/h2-8,10,18H,9,11-12H2,1H3. The average molecular weight is 306 g/mol. The molecule has 0 spiro atoms. The Bertz CT molecular complexity index is 670. The molecule has 0 saturated carbocycles. The number of benzene rings is 1. The lowest BCUT2D eigenvalue weighted by Crippen LogP contribution is -2.26. The van der Waals surface area contributed by atoms with Crippen LogP contribution in [0.5, 0.6) is 0 Å². The summed E-state index contributed by atoms with van der Waals surface area (Å²) in [5.41, 5.74) is 1.60. The van der Waals surface area contributed by atoms with Crippen LogP contribution >= 0.6 is 0 Å². The van der Waals surface area contributed by atoms with E-state index >= 15 is 0 Å². The van der Waals surface area contributed by atoms with E-state index in [-0.39, 0.29) is 18.0 Å². The third-order valence-electron chi connectivity index (χ3n) is 3.14. The summed E-state index contributed by atoms with van der Waals surface area (Å²) < 4.78 is 26.2. The highest BCUT2D eigenvalue weighted by Gasteiger charge is 2.21. The second-order valence-electron chi connectivity index (χ2n) is 4.70. The van der Waals surface area contributed by atoms with Gasteiger partial charge < -0.3 is 5.11 Å². The fourth-order valence-electron chi connectivity index (χ4n) is 1.94. The molecule has 0 aliphatic heterocycles. The average Bonchev–Trinajstić information content (AvgIpc) is 2.49. The van der Waals surface area contributed by atoms with E-state index in [4.69, 9.17) is 5.11 Å². The molecule has 2 rings (SSSR count). The molecule has 0 radical (unpaired) electrons. The Labute approximate surface area is 124 Å². The largest absolute Gasteiger partial charge is 0.396 e. The summed E-state index contributed by atoms with van der Waals surface area (Å²) in [7, 11) is -2.00. The Kier molecular flexibility index (Phi) is 5.06. The number of rotatable bonds is 6. The lowest BCUT2D eigenvalue weighted by Gasteiger charge is -2.17. The number of aliphatic hydroxyl groups excluding tert-OH is 1. The molecule has 0 aliphatic carbocycles. The number of aliphatic hydroxyl groups is 1. The van der Waals surface area contributed by atoms with Gasteiger partial charge in [-0.3, -0.25) is 4.98 Å². The molecule has 0 saturated heterocycles. The van der Waals surface area contributed by atoms with Gasteiger partial charge in [0.25, 0.3) is 0 Å². The first kappa shape index (κ1) is 15.6. The predicted molar refractivity (Wildman–Crippen MR) is 80.1 cm³/mol. The van der Waals surface area contributed by atoms with E-state index in [0.717, 1.165) is 5.56 Å². The van der Waals surface area contributed by atoms with Gasteiger partial charge in [-0.15, -0.1) is 0 Å². The highest BCUT2D eigenvalue weighted by molar-refractivity contribution is 7.89. The van der Waals surface area contributed by atoms with Crippen molar-refractivity contribution < 1.29 is 13.5 Å². The summed E-state index contributed by atoms with van der Waals surface area (Å²) >= 11 is 0. The molecule has 6 heteroatoms. The van der Waals surface area contributed by atoms with Crippen LogP contribution < -0.4 is 0 Å². The smallest absolute Gasteiger partial charge is 0.243 e. The van der Waals surface area contributed by atoms with Crippen LogP contribution in [0.1, 0.15) is 11.3 Å². The van der Waals surface area contributed by atoms with Gasteiger partial charge in [-0.1, -0.05) is 18.2 Å². The van der Waals surface area contributed by atoms with Crippen molar-refractivity contribution in [2.45, 2.75) is 17.9 Å². The SMILES string of the molecule is CN(Cc1ccccn1)S(=O)(=O)c1ccc(CCO)cc1. The maximum absolute atomic E-state index is 12.5. The number of hydrogen-bond acceptors (Lipinski definition) is 4. The lowest BCUT2D eigenvalue weighted by molar-refractivity contribution is 0.299. The quantitative estimate of drug-likeness (QED) is 0.876. The van der Waals surface area contributed by atoms with Gasteiger partial charge in [0.1, 0.15) is 0 Å². The minimum Gasteiger partial charge on any atom is -0.396 e. The van der Waals surface area contributed by atoms with Crippen molar-refractivity contribution in [3.05, 3.63) is 59.9 Å².